The van der Waals surface area contributed by atoms with E-state index < -0.39 is 0 Å². The Labute approximate surface area is 87.6 Å². The molecular weight excluding hydrogens is 191 g/mol. The van der Waals surface area contributed by atoms with Crippen molar-refractivity contribution in [3.05, 3.63) is 48.0 Å². The summed E-state index contributed by atoms with van der Waals surface area (Å²) < 4.78 is 13.0. The molecule has 0 fully saturated rings. The van der Waals surface area contributed by atoms with E-state index in [0.29, 0.717) is 0 Å². The average molecular weight is 202 g/mol. The van der Waals surface area contributed by atoms with Crippen molar-refractivity contribution in [3.63, 3.8) is 0 Å². The summed E-state index contributed by atoms with van der Waals surface area (Å²) in [5.41, 5.74) is 8.67. The molecule has 1 aromatic heterocycles. The number of hydrogen-bond acceptors (Lipinski definition) is 2. The van der Waals surface area contributed by atoms with Crippen molar-refractivity contribution in [2.24, 2.45) is 0 Å². The van der Waals surface area contributed by atoms with Crippen LogP contribution >= 0.6 is 0 Å². The molecule has 2 nitrogen and oxygen atoms in total. The molecule has 0 spiro atoms. The van der Waals surface area contributed by atoms with E-state index in [-0.39, 0.29) is 11.5 Å². The SMILES string of the molecule is Cc1cnccc1-c1ccc(F)c(N)c1. The fraction of sp³-hybridized carbons (Fsp3) is 0.0833. The zero-order valence-electron chi connectivity index (χ0n) is 8.37. The Morgan fingerprint density at radius 1 is 1.27 bits per heavy atom. The van der Waals surface area contributed by atoms with E-state index in [1.165, 1.54) is 6.07 Å². The van der Waals surface area contributed by atoms with Gasteiger partial charge in [0.15, 0.2) is 0 Å². The molecule has 76 valence electrons. The molecule has 2 rings (SSSR count). The Kier molecular flexibility index (Phi) is 2.37. The monoisotopic (exact) mass is 202 g/mol. The zero-order chi connectivity index (χ0) is 10.8. The molecule has 0 radical (unpaired) electrons. The number of benzene rings is 1. The molecule has 0 aliphatic carbocycles. The third-order valence-corrected chi connectivity index (χ3v) is 2.33. The van der Waals surface area contributed by atoms with E-state index in [1.807, 2.05) is 13.0 Å². The van der Waals surface area contributed by atoms with Crippen LogP contribution in [-0.2, 0) is 0 Å². The molecule has 2 aromatic rings. The van der Waals surface area contributed by atoms with Gasteiger partial charge in [-0.15, -0.1) is 0 Å². The molecule has 0 unspecified atom stereocenters. The van der Waals surface area contributed by atoms with E-state index in [9.17, 15) is 4.39 Å². The lowest BCUT2D eigenvalue weighted by atomic mass is 10.0. The lowest BCUT2D eigenvalue weighted by Gasteiger charge is -2.06. The average Bonchev–Trinajstić information content (AvgIpc) is 2.23. The summed E-state index contributed by atoms with van der Waals surface area (Å²) in [6.45, 7) is 1.96. The summed E-state index contributed by atoms with van der Waals surface area (Å²) >= 11 is 0. The number of pyridine rings is 1. The van der Waals surface area contributed by atoms with Gasteiger partial charge in [-0.3, -0.25) is 4.98 Å². The highest BCUT2D eigenvalue weighted by Gasteiger charge is 2.04. The lowest BCUT2D eigenvalue weighted by molar-refractivity contribution is 0.632. The van der Waals surface area contributed by atoms with Crippen LogP contribution in [0.1, 0.15) is 5.56 Å². The normalized spacial score (nSPS) is 10.3. The van der Waals surface area contributed by atoms with Crippen LogP contribution in [0.2, 0.25) is 0 Å². The Morgan fingerprint density at radius 2 is 2.07 bits per heavy atom. The summed E-state index contributed by atoms with van der Waals surface area (Å²) in [5.74, 6) is -0.384. The minimum Gasteiger partial charge on any atom is -0.396 e. The van der Waals surface area contributed by atoms with Crippen LogP contribution in [0.4, 0.5) is 10.1 Å². The minimum atomic E-state index is -0.384. The predicted octanol–water partition coefficient (Wildman–Crippen LogP) is 2.78. The van der Waals surface area contributed by atoms with Gasteiger partial charge in [0.2, 0.25) is 0 Å². The quantitative estimate of drug-likeness (QED) is 0.722. The fourth-order valence-corrected chi connectivity index (χ4v) is 1.51. The smallest absolute Gasteiger partial charge is 0.146 e. The molecule has 0 atom stereocenters. The largest absolute Gasteiger partial charge is 0.396 e. The molecule has 3 heteroatoms. The van der Waals surface area contributed by atoms with Crippen molar-refractivity contribution in [2.45, 2.75) is 6.92 Å². The molecule has 0 saturated carbocycles. The van der Waals surface area contributed by atoms with Gasteiger partial charge >= 0.3 is 0 Å². The molecule has 1 heterocycles. The lowest BCUT2D eigenvalue weighted by Crippen LogP contribution is -1.92. The summed E-state index contributed by atoms with van der Waals surface area (Å²) in [6, 6.07) is 6.62. The molecular formula is C12H11FN2. The first-order valence-corrected chi connectivity index (χ1v) is 4.64. The number of anilines is 1. The second-order valence-electron chi connectivity index (χ2n) is 3.43. The number of nitrogens with zero attached hydrogens (tertiary/aromatic N) is 1. The van der Waals surface area contributed by atoms with Crippen molar-refractivity contribution >= 4 is 5.69 Å². The Bertz CT molecular complexity index is 495. The van der Waals surface area contributed by atoms with E-state index in [0.717, 1.165) is 16.7 Å². The van der Waals surface area contributed by atoms with Crippen molar-refractivity contribution in [3.8, 4) is 11.1 Å². The molecule has 15 heavy (non-hydrogen) atoms. The van der Waals surface area contributed by atoms with Crippen molar-refractivity contribution in [1.82, 2.24) is 4.98 Å². The van der Waals surface area contributed by atoms with Crippen LogP contribution in [0.25, 0.3) is 11.1 Å². The van der Waals surface area contributed by atoms with Gasteiger partial charge < -0.3 is 5.73 Å². The number of halogens is 1. The van der Waals surface area contributed by atoms with E-state index >= 15 is 0 Å². The predicted molar refractivity (Wildman–Crippen MR) is 58.8 cm³/mol. The summed E-state index contributed by atoms with van der Waals surface area (Å²) in [6.07, 6.45) is 3.48. The summed E-state index contributed by atoms with van der Waals surface area (Å²) in [7, 11) is 0. The van der Waals surface area contributed by atoms with Crippen LogP contribution in [0.3, 0.4) is 0 Å². The number of hydrogen-bond donors (Lipinski definition) is 1. The maximum absolute atomic E-state index is 13.0. The number of nitrogen functional groups attached to an aromatic ring is 1. The van der Waals surface area contributed by atoms with Gasteiger partial charge in [-0.25, -0.2) is 4.39 Å². The summed E-state index contributed by atoms with van der Waals surface area (Å²) in [5, 5.41) is 0. The van der Waals surface area contributed by atoms with Crippen LogP contribution in [0, 0.1) is 12.7 Å². The van der Waals surface area contributed by atoms with E-state index in [4.69, 9.17) is 5.73 Å². The molecule has 0 bridgehead atoms. The number of nitrogens with two attached hydrogens (primary N) is 1. The van der Waals surface area contributed by atoms with Gasteiger partial charge in [-0.2, -0.15) is 0 Å². The van der Waals surface area contributed by atoms with Crippen LogP contribution in [0.15, 0.2) is 36.7 Å². The Morgan fingerprint density at radius 3 is 2.73 bits per heavy atom. The first-order chi connectivity index (χ1) is 7.18. The van der Waals surface area contributed by atoms with Gasteiger partial charge in [0.1, 0.15) is 5.82 Å². The third-order valence-electron chi connectivity index (χ3n) is 2.33. The van der Waals surface area contributed by atoms with Gasteiger partial charge in [0.05, 0.1) is 5.69 Å². The third kappa shape index (κ3) is 1.81. The zero-order valence-corrected chi connectivity index (χ0v) is 8.37. The van der Waals surface area contributed by atoms with Crippen LogP contribution in [-0.4, -0.2) is 4.98 Å². The number of aromatic nitrogens is 1. The second kappa shape index (κ2) is 3.69. The molecule has 0 aliphatic heterocycles. The van der Waals surface area contributed by atoms with E-state index in [1.54, 1.807) is 24.5 Å². The maximum atomic E-state index is 13.0. The maximum Gasteiger partial charge on any atom is 0.146 e. The van der Waals surface area contributed by atoms with Gasteiger partial charge in [0, 0.05) is 12.4 Å². The van der Waals surface area contributed by atoms with Gasteiger partial charge in [-0.1, -0.05) is 6.07 Å². The van der Waals surface area contributed by atoms with Crippen molar-refractivity contribution in [2.75, 3.05) is 5.73 Å². The number of aryl methyl sites for hydroxylation is 1. The highest BCUT2D eigenvalue weighted by atomic mass is 19.1. The topological polar surface area (TPSA) is 38.9 Å². The van der Waals surface area contributed by atoms with E-state index in [2.05, 4.69) is 4.98 Å². The van der Waals surface area contributed by atoms with Crippen molar-refractivity contribution < 1.29 is 4.39 Å². The fourth-order valence-electron chi connectivity index (χ4n) is 1.51. The molecule has 0 aliphatic rings. The highest BCUT2D eigenvalue weighted by molar-refractivity contribution is 5.69. The number of rotatable bonds is 1. The first kappa shape index (κ1) is 9.65. The van der Waals surface area contributed by atoms with Gasteiger partial charge in [-0.05, 0) is 41.8 Å². The van der Waals surface area contributed by atoms with Crippen LogP contribution < -0.4 is 5.73 Å². The summed E-state index contributed by atoms with van der Waals surface area (Å²) in [4.78, 5) is 4.01. The Hall–Kier alpha value is -1.90. The second-order valence-corrected chi connectivity index (χ2v) is 3.43. The first-order valence-electron chi connectivity index (χ1n) is 4.64. The highest BCUT2D eigenvalue weighted by Crippen LogP contribution is 2.25. The van der Waals surface area contributed by atoms with Crippen LogP contribution in [0.5, 0.6) is 0 Å². The Balaban J connectivity index is 2.55. The molecule has 2 N–H and O–H groups in total. The molecule has 0 amide bonds. The van der Waals surface area contributed by atoms with Crippen molar-refractivity contribution in [1.29, 1.82) is 0 Å². The molecule has 0 saturated heterocycles. The molecule has 1 aromatic carbocycles. The standard InChI is InChI=1S/C12H11FN2/c1-8-7-15-5-4-10(8)9-2-3-11(13)12(14)6-9/h2-7H,14H2,1H3. The van der Waals surface area contributed by atoms with Gasteiger partial charge in [0.25, 0.3) is 0 Å². The minimum absolute atomic E-state index is 0.170.